The van der Waals surface area contributed by atoms with Crippen LogP contribution in [0.2, 0.25) is 5.02 Å². The Hall–Kier alpha value is -2.42. The lowest BCUT2D eigenvalue weighted by atomic mass is 9.97. The summed E-state index contributed by atoms with van der Waals surface area (Å²) < 4.78 is 32.5. The number of benzene rings is 2. The molecule has 2 aromatic carbocycles. The van der Waals surface area contributed by atoms with Gasteiger partial charge in [-0.3, -0.25) is 4.79 Å². The first kappa shape index (κ1) is 25.2. The SMILES string of the molecule is CCC(C)c1ccccc1NC(=O)COC(=O)c1ccc(Cl)c(S(=O)(=O)N2CCCCC2)c1. The fourth-order valence-corrected chi connectivity index (χ4v) is 5.75. The Bertz CT molecular complexity index is 1110. The van der Waals surface area contributed by atoms with Gasteiger partial charge in [0.2, 0.25) is 10.0 Å². The minimum absolute atomic E-state index is 0.0165. The molecule has 0 saturated carbocycles. The van der Waals surface area contributed by atoms with E-state index in [0.717, 1.165) is 31.2 Å². The van der Waals surface area contributed by atoms with Crippen molar-refractivity contribution in [3.63, 3.8) is 0 Å². The maximum atomic E-state index is 13.0. The van der Waals surface area contributed by atoms with E-state index in [4.69, 9.17) is 16.3 Å². The van der Waals surface area contributed by atoms with Gasteiger partial charge in [0.1, 0.15) is 4.90 Å². The van der Waals surface area contributed by atoms with E-state index in [-0.39, 0.29) is 21.4 Å². The molecular weight excluding hydrogens is 464 g/mol. The zero-order chi connectivity index (χ0) is 24.0. The number of nitrogens with one attached hydrogen (secondary N) is 1. The highest BCUT2D eigenvalue weighted by Gasteiger charge is 2.29. The van der Waals surface area contributed by atoms with Gasteiger partial charge in [0, 0.05) is 18.8 Å². The molecule has 0 aromatic heterocycles. The molecule has 33 heavy (non-hydrogen) atoms. The second-order valence-electron chi connectivity index (χ2n) is 8.13. The molecule has 1 aliphatic heterocycles. The van der Waals surface area contributed by atoms with Gasteiger partial charge in [0.15, 0.2) is 6.61 Å². The number of nitrogens with zero attached hydrogens (tertiary/aromatic N) is 1. The van der Waals surface area contributed by atoms with Crippen molar-refractivity contribution >= 4 is 39.2 Å². The Kier molecular flexibility index (Phi) is 8.51. The lowest BCUT2D eigenvalue weighted by Crippen LogP contribution is -2.35. The van der Waals surface area contributed by atoms with E-state index in [9.17, 15) is 18.0 Å². The van der Waals surface area contributed by atoms with Crippen LogP contribution in [0.4, 0.5) is 5.69 Å². The molecule has 0 radical (unpaired) electrons. The number of esters is 1. The highest BCUT2D eigenvalue weighted by molar-refractivity contribution is 7.89. The number of piperidine rings is 1. The molecule has 2 aromatic rings. The summed E-state index contributed by atoms with van der Waals surface area (Å²) in [5, 5.41) is 2.82. The summed E-state index contributed by atoms with van der Waals surface area (Å²) in [6.45, 7) is 4.49. The summed E-state index contributed by atoms with van der Waals surface area (Å²) in [6, 6.07) is 11.4. The average Bonchev–Trinajstić information content (AvgIpc) is 2.83. The largest absolute Gasteiger partial charge is 0.452 e. The summed E-state index contributed by atoms with van der Waals surface area (Å²) in [6.07, 6.45) is 3.47. The monoisotopic (exact) mass is 492 g/mol. The zero-order valence-corrected chi connectivity index (χ0v) is 20.4. The molecule has 7 nitrogen and oxygen atoms in total. The number of para-hydroxylation sites is 1. The van der Waals surface area contributed by atoms with Crippen molar-refractivity contribution in [3.05, 3.63) is 58.6 Å². The summed E-state index contributed by atoms with van der Waals surface area (Å²) in [7, 11) is -3.82. The fourth-order valence-electron chi connectivity index (χ4n) is 3.73. The molecule has 178 valence electrons. The lowest BCUT2D eigenvalue weighted by molar-refractivity contribution is -0.119. The van der Waals surface area contributed by atoms with Crippen LogP contribution in [0, 0.1) is 0 Å². The van der Waals surface area contributed by atoms with Gasteiger partial charge in [-0.1, -0.05) is 50.1 Å². The van der Waals surface area contributed by atoms with Crippen LogP contribution >= 0.6 is 11.6 Å². The number of carbonyl (C=O) groups is 2. The van der Waals surface area contributed by atoms with Crippen molar-refractivity contribution in [2.45, 2.75) is 50.3 Å². The van der Waals surface area contributed by atoms with Gasteiger partial charge in [-0.25, -0.2) is 13.2 Å². The number of ether oxygens (including phenoxy) is 1. The maximum absolute atomic E-state index is 13.0. The van der Waals surface area contributed by atoms with Crippen LogP contribution in [-0.2, 0) is 19.6 Å². The van der Waals surface area contributed by atoms with E-state index in [0.29, 0.717) is 18.8 Å². The average molecular weight is 493 g/mol. The summed E-state index contributed by atoms with van der Waals surface area (Å²) in [5.74, 6) is -1.01. The Balaban J connectivity index is 1.68. The Morgan fingerprint density at radius 1 is 1.12 bits per heavy atom. The number of carbonyl (C=O) groups excluding carboxylic acids is 2. The van der Waals surface area contributed by atoms with E-state index in [2.05, 4.69) is 19.2 Å². The summed E-state index contributed by atoms with van der Waals surface area (Å²) >= 11 is 6.15. The third kappa shape index (κ3) is 6.13. The summed E-state index contributed by atoms with van der Waals surface area (Å²) in [5.41, 5.74) is 1.70. The molecule has 9 heteroatoms. The highest BCUT2D eigenvalue weighted by atomic mass is 35.5. The van der Waals surface area contributed by atoms with E-state index < -0.39 is 28.5 Å². The van der Waals surface area contributed by atoms with Crippen LogP contribution in [0.5, 0.6) is 0 Å². The molecule has 0 bridgehead atoms. The van der Waals surface area contributed by atoms with Gasteiger partial charge in [0.05, 0.1) is 10.6 Å². The first-order chi connectivity index (χ1) is 15.7. The van der Waals surface area contributed by atoms with Gasteiger partial charge in [-0.15, -0.1) is 0 Å². The quantitative estimate of drug-likeness (QED) is 0.533. The molecule has 1 aliphatic rings. The first-order valence-electron chi connectivity index (χ1n) is 11.1. The number of hydrogen-bond acceptors (Lipinski definition) is 5. The van der Waals surface area contributed by atoms with Crippen molar-refractivity contribution in [3.8, 4) is 0 Å². The van der Waals surface area contributed by atoms with Crippen molar-refractivity contribution in [1.29, 1.82) is 0 Å². The molecule has 1 atom stereocenters. The maximum Gasteiger partial charge on any atom is 0.338 e. The Morgan fingerprint density at radius 3 is 2.52 bits per heavy atom. The van der Waals surface area contributed by atoms with Crippen LogP contribution in [0.3, 0.4) is 0 Å². The zero-order valence-electron chi connectivity index (χ0n) is 18.8. The number of anilines is 1. The molecule has 0 spiro atoms. The second-order valence-corrected chi connectivity index (χ2v) is 10.4. The number of amides is 1. The molecule has 0 aliphatic carbocycles. The molecule has 1 heterocycles. The molecule has 1 saturated heterocycles. The van der Waals surface area contributed by atoms with E-state index in [1.165, 1.54) is 22.5 Å². The third-order valence-electron chi connectivity index (χ3n) is 5.81. The minimum atomic E-state index is -3.82. The highest BCUT2D eigenvalue weighted by Crippen LogP contribution is 2.28. The lowest BCUT2D eigenvalue weighted by Gasteiger charge is -2.26. The number of hydrogen-bond donors (Lipinski definition) is 1. The minimum Gasteiger partial charge on any atom is -0.452 e. The number of rotatable bonds is 8. The van der Waals surface area contributed by atoms with Gasteiger partial charge in [-0.05, 0) is 55.0 Å². The normalized spacial score (nSPS) is 15.6. The molecular formula is C24H29ClN2O5S. The van der Waals surface area contributed by atoms with Crippen molar-refractivity contribution in [2.24, 2.45) is 0 Å². The van der Waals surface area contributed by atoms with E-state index in [1.807, 2.05) is 18.2 Å². The molecule has 1 fully saturated rings. The van der Waals surface area contributed by atoms with E-state index >= 15 is 0 Å². The number of sulfonamides is 1. The van der Waals surface area contributed by atoms with Crippen molar-refractivity contribution < 1.29 is 22.7 Å². The van der Waals surface area contributed by atoms with Crippen molar-refractivity contribution in [2.75, 3.05) is 25.0 Å². The standard InChI is InChI=1S/C24H29ClN2O5S/c1-3-17(2)19-9-5-6-10-21(19)26-23(28)16-32-24(29)18-11-12-20(25)22(15-18)33(30,31)27-13-7-4-8-14-27/h5-6,9-12,15,17H,3-4,7-8,13-14,16H2,1-2H3,(H,26,28). The predicted molar refractivity (Wildman–Crippen MR) is 128 cm³/mol. The first-order valence-corrected chi connectivity index (χ1v) is 12.9. The smallest absolute Gasteiger partial charge is 0.338 e. The van der Waals surface area contributed by atoms with Crippen LogP contribution in [0.15, 0.2) is 47.4 Å². The van der Waals surface area contributed by atoms with Crippen LogP contribution in [0.25, 0.3) is 0 Å². The predicted octanol–water partition coefficient (Wildman–Crippen LogP) is 4.82. The molecule has 1 N–H and O–H groups in total. The molecule has 1 amide bonds. The fraction of sp³-hybridized carbons (Fsp3) is 0.417. The molecule has 1 unspecified atom stereocenters. The second kappa shape index (κ2) is 11.1. The Morgan fingerprint density at radius 2 is 1.82 bits per heavy atom. The number of halogens is 1. The topological polar surface area (TPSA) is 92.8 Å². The summed E-state index contributed by atoms with van der Waals surface area (Å²) in [4.78, 5) is 24.8. The van der Waals surface area contributed by atoms with Gasteiger partial charge in [-0.2, -0.15) is 4.31 Å². The van der Waals surface area contributed by atoms with Gasteiger partial charge in [0.25, 0.3) is 5.91 Å². The van der Waals surface area contributed by atoms with Crippen LogP contribution < -0.4 is 5.32 Å². The van der Waals surface area contributed by atoms with Crippen LogP contribution in [0.1, 0.15) is 61.4 Å². The third-order valence-corrected chi connectivity index (χ3v) is 8.19. The molecule has 3 rings (SSSR count). The van der Waals surface area contributed by atoms with Gasteiger partial charge < -0.3 is 10.1 Å². The Labute approximate surface area is 200 Å². The van der Waals surface area contributed by atoms with Crippen LogP contribution in [-0.4, -0.2) is 44.3 Å². The van der Waals surface area contributed by atoms with Crippen molar-refractivity contribution in [1.82, 2.24) is 4.31 Å². The van der Waals surface area contributed by atoms with Gasteiger partial charge >= 0.3 is 5.97 Å². The van der Waals surface area contributed by atoms with E-state index in [1.54, 1.807) is 6.07 Å².